The fourth-order valence-electron chi connectivity index (χ4n) is 1.77. The van der Waals surface area contributed by atoms with Crippen molar-refractivity contribution in [2.75, 3.05) is 5.32 Å². The van der Waals surface area contributed by atoms with Crippen LogP contribution in [-0.2, 0) is 4.79 Å². The molecule has 3 heterocycles. The van der Waals surface area contributed by atoms with E-state index in [-0.39, 0.29) is 5.69 Å². The van der Waals surface area contributed by atoms with Crippen molar-refractivity contribution in [3.05, 3.63) is 93.0 Å². The summed E-state index contributed by atoms with van der Waals surface area (Å²) in [6, 6.07) is 9.89. The normalized spacial score (nSPS) is 9.63. The predicted molar refractivity (Wildman–Crippen MR) is 116 cm³/mol. The Labute approximate surface area is 200 Å². The summed E-state index contributed by atoms with van der Waals surface area (Å²) >= 11 is 0.347. The zero-order valence-corrected chi connectivity index (χ0v) is 19.4. The van der Waals surface area contributed by atoms with E-state index in [0.717, 1.165) is 18.3 Å². The third-order valence-electron chi connectivity index (χ3n) is 2.99. The van der Waals surface area contributed by atoms with Crippen LogP contribution < -0.4 is 21.3 Å². The number of benzene rings is 1. The second kappa shape index (κ2) is 15.6. The molecular weight excluding hydrogens is 545 g/mol. The Balaban J connectivity index is 0.000000257. The molecule has 0 aliphatic carbocycles. The van der Waals surface area contributed by atoms with Crippen LogP contribution >= 0.6 is 0 Å². The van der Waals surface area contributed by atoms with Crippen LogP contribution in [0.5, 0.6) is 5.75 Å². The Morgan fingerprint density at radius 1 is 1.03 bits per heavy atom. The van der Waals surface area contributed by atoms with Crippen LogP contribution in [0.1, 0.15) is 6.92 Å². The molecule has 4 aromatic rings. The molecule has 2 N–H and O–H groups in total. The Kier molecular flexibility index (Phi) is 12.9. The number of hydrogen-bond acceptors (Lipinski definition) is 8. The van der Waals surface area contributed by atoms with Crippen molar-refractivity contribution in [3.8, 4) is 5.75 Å². The Morgan fingerprint density at radius 3 is 2.09 bits per heavy atom. The van der Waals surface area contributed by atoms with Crippen LogP contribution in [0.3, 0.4) is 0 Å². The summed E-state index contributed by atoms with van der Waals surface area (Å²) in [5.41, 5.74) is -2.02. The zero-order valence-electron chi connectivity index (χ0n) is 17.7. The maximum absolute atomic E-state index is 12.0. The summed E-state index contributed by atoms with van der Waals surface area (Å²) in [6.45, 7) is 1.20. The first-order valence-corrected chi connectivity index (χ1v) is 10.9. The number of carbonyl (C=O) groups excluding carboxylic acids is 1. The third kappa shape index (κ3) is 13.9. The molecule has 0 fully saturated rings. The van der Waals surface area contributed by atoms with Crippen LogP contribution in [0.2, 0.25) is 0 Å². The number of anilines is 1. The van der Waals surface area contributed by atoms with E-state index in [4.69, 9.17) is 0 Å². The van der Waals surface area contributed by atoms with Crippen LogP contribution in [0.4, 0.5) is 23.3 Å². The van der Waals surface area contributed by atoms with Gasteiger partial charge in [-0.2, -0.15) is 10.2 Å². The van der Waals surface area contributed by atoms with E-state index in [0.29, 0.717) is 14.7 Å². The molecule has 0 bridgehead atoms. The van der Waals surface area contributed by atoms with Gasteiger partial charge in [0.05, 0.1) is 5.69 Å². The van der Waals surface area contributed by atoms with Gasteiger partial charge in [0.15, 0.2) is 5.75 Å². The second-order valence-corrected chi connectivity index (χ2v) is 6.98. The molecule has 35 heavy (non-hydrogen) atoms. The van der Waals surface area contributed by atoms with Gasteiger partial charge in [-0.3, -0.25) is 9.59 Å². The number of amides is 1. The molecule has 0 saturated carbocycles. The minimum absolute atomic E-state index is 0.0117. The first-order valence-electron chi connectivity index (χ1n) is 9.12. The van der Waals surface area contributed by atoms with Crippen LogP contribution in [-0.4, -0.2) is 56.2 Å². The van der Waals surface area contributed by atoms with E-state index in [1.54, 1.807) is 18.6 Å². The molecule has 0 aliphatic rings. The van der Waals surface area contributed by atoms with Gasteiger partial charge in [0.25, 0.3) is 5.56 Å². The van der Waals surface area contributed by atoms with Crippen LogP contribution in [0.15, 0.2) is 81.8 Å². The summed E-state index contributed by atoms with van der Waals surface area (Å²) in [5.74, 6) is -0.895. The number of halogens is 4. The molecule has 0 saturated heterocycles. The molecule has 0 unspecified atom stereocenters. The molecule has 11 nitrogen and oxygen atoms in total. The Hall–Kier alpha value is -4.17. The number of aromatic amines is 1. The maximum Gasteiger partial charge on any atom is 0.0496 e. The molecule has 4 rings (SSSR count). The number of hydrogen-bond donors (Lipinski definition) is 2. The van der Waals surface area contributed by atoms with E-state index in [1.807, 2.05) is 22.1 Å². The predicted octanol–water partition coefficient (Wildman–Crippen LogP) is 1.82. The van der Waals surface area contributed by atoms with E-state index < -0.39 is 34.1 Å². The molecule has 0 atom stereocenters. The smallest absolute Gasteiger partial charge is 0.0496 e. The van der Waals surface area contributed by atoms with Crippen molar-refractivity contribution in [3.63, 3.8) is 0 Å². The van der Waals surface area contributed by atoms with Gasteiger partial charge in [-0.1, -0.05) is 21.4 Å². The monoisotopic (exact) mass is 563 g/mol. The van der Waals surface area contributed by atoms with Crippen molar-refractivity contribution in [2.24, 2.45) is 0 Å². The van der Waals surface area contributed by atoms with Crippen molar-refractivity contribution >= 4 is 26.3 Å². The first kappa shape index (κ1) is 28.9. The molecule has 0 spiro atoms. The summed E-state index contributed by atoms with van der Waals surface area (Å²) in [6.07, 6.45) is 1.31. The van der Waals surface area contributed by atoms with Crippen molar-refractivity contribution in [2.45, 2.75) is 13.3 Å². The second-order valence-electron chi connectivity index (χ2n) is 5.63. The Bertz CT molecular complexity index is 1160. The van der Waals surface area contributed by atoms with Gasteiger partial charge in [0.1, 0.15) is 0 Å². The van der Waals surface area contributed by atoms with E-state index >= 15 is 0 Å². The number of nitrogens with zero attached hydrogens (tertiary/aromatic N) is 5. The molecule has 3 aromatic heterocycles. The standard InChI is InChI=1S/C9H8F3NO2.C4H3FN2O2.C4H4N2.C2H2N2Se/c1-6(14)13-7-4-2-3-5-8(7)15-9(10,11)12;5-7-3(8)1-2-6-4(7)9;1-2-4-6-5-3-1;1-2-5-4-3-1/h2-5H,1H3,(H,13,14);1-2H,(H,6,9);1-4H;1-2H. The van der Waals surface area contributed by atoms with Gasteiger partial charge in [0, 0.05) is 31.6 Å². The number of para-hydroxylation sites is 2. The van der Waals surface area contributed by atoms with E-state index in [9.17, 15) is 32.0 Å². The van der Waals surface area contributed by atoms with Gasteiger partial charge in [0.2, 0.25) is 5.91 Å². The van der Waals surface area contributed by atoms with Crippen molar-refractivity contribution in [1.29, 1.82) is 0 Å². The molecule has 1 amide bonds. The fourth-order valence-corrected chi connectivity index (χ4v) is 2.34. The van der Waals surface area contributed by atoms with Gasteiger partial charge in [-0.25, -0.2) is 4.79 Å². The molecule has 186 valence electrons. The molecular formula is C19H17F4N7O4Se. The minimum Gasteiger partial charge on any atom is -0.159 e. The van der Waals surface area contributed by atoms with Crippen LogP contribution in [0.25, 0.3) is 0 Å². The number of H-pyrrole nitrogens is 1. The molecule has 1 aromatic carbocycles. The SMILES string of the molecule is CC(=O)Nc1ccccc1OC(F)(F)F.O=c1cc[nH]c(=O)n1F.c1c[se]nn1.c1ccnnc1. The largest absolute Gasteiger partial charge is 0.159 e. The van der Waals surface area contributed by atoms with Crippen molar-refractivity contribution < 1.29 is 27.2 Å². The topological polar surface area (TPSA) is 145 Å². The Morgan fingerprint density at radius 2 is 1.69 bits per heavy atom. The summed E-state index contributed by atoms with van der Waals surface area (Å²) in [5, 5.41) is 12.9. The number of nitrogens with one attached hydrogen (secondary N) is 2. The number of rotatable bonds is 2. The fraction of sp³-hybridized carbons (Fsp3) is 0.105. The van der Waals surface area contributed by atoms with Gasteiger partial charge >= 0.3 is 47.1 Å². The molecule has 0 aliphatic heterocycles. The summed E-state index contributed by atoms with van der Waals surface area (Å²) < 4.78 is 55.1. The van der Waals surface area contributed by atoms with Crippen LogP contribution in [0, 0.1) is 0 Å². The maximum atomic E-state index is 12.0. The number of ether oxygens (including phenoxy) is 1. The number of aromatic nitrogens is 6. The summed E-state index contributed by atoms with van der Waals surface area (Å²) in [4.78, 5) is 34.5. The number of carbonyl (C=O) groups is 1. The number of alkyl halides is 3. The minimum atomic E-state index is -4.77. The quantitative estimate of drug-likeness (QED) is 0.278. The van der Waals surface area contributed by atoms with Gasteiger partial charge < -0.3 is 15.0 Å². The van der Waals surface area contributed by atoms with Crippen molar-refractivity contribution in [1.82, 2.24) is 29.2 Å². The molecule has 16 heteroatoms. The average Bonchev–Trinajstić information content (AvgIpc) is 3.40. The zero-order chi connectivity index (χ0) is 26.1. The summed E-state index contributed by atoms with van der Waals surface area (Å²) in [7, 11) is 0. The van der Waals surface area contributed by atoms with E-state index in [2.05, 4.69) is 29.4 Å². The molecule has 0 radical (unpaired) electrons. The van der Waals surface area contributed by atoms with Gasteiger partial charge in [-0.05, 0) is 24.3 Å². The third-order valence-corrected chi connectivity index (χ3v) is 3.90. The first-order chi connectivity index (χ1) is 16.6. The van der Waals surface area contributed by atoms with E-state index in [1.165, 1.54) is 25.1 Å². The average molecular weight is 562 g/mol. The van der Waals surface area contributed by atoms with Gasteiger partial charge in [-0.15, -0.1) is 13.2 Å².